The molecular formula is C19H27ClN4O2. The van der Waals surface area contributed by atoms with Crippen LogP contribution in [0.1, 0.15) is 30.0 Å². The van der Waals surface area contributed by atoms with Gasteiger partial charge >= 0.3 is 0 Å². The third-order valence-corrected chi connectivity index (χ3v) is 4.58. The van der Waals surface area contributed by atoms with Gasteiger partial charge in [-0.25, -0.2) is 0 Å². The van der Waals surface area contributed by atoms with Gasteiger partial charge in [-0.3, -0.25) is 9.48 Å². The molecule has 0 radical (unpaired) electrons. The maximum Gasteiger partial charge on any atom is 0.241 e. The summed E-state index contributed by atoms with van der Waals surface area (Å²) in [6.45, 7) is 2.95. The second-order valence-corrected chi connectivity index (χ2v) is 6.43. The van der Waals surface area contributed by atoms with Crippen molar-refractivity contribution in [1.29, 1.82) is 0 Å². The number of benzene rings is 1. The van der Waals surface area contributed by atoms with E-state index in [1.54, 1.807) is 11.8 Å². The Bertz CT molecular complexity index is 681. The number of carbonyl (C=O) groups excluding carboxylic acids is 1. The summed E-state index contributed by atoms with van der Waals surface area (Å²) in [6, 6.07) is 9.93. The molecule has 1 fully saturated rings. The Morgan fingerprint density at radius 3 is 2.85 bits per heavy atom. The minimum Gasteiger partial charge on any atom is -0.497 e. The van der Waals surface area contributed by atoms with Crippen LogP contribution in [0.25, 0.3) is 0 Å². The smallest absolute Gasteiger partial charge is 0.241 e. The van der Waals surface area contributed by atoms with E-state index in [-0.39, 0.29) is 24.9 Å². The maximum atomic E-state index is 12.1. The molecule has 0 spiro atoms. The van der Waals surface area contributed by atoms with Crippen LogP contribution in [0.15, 0.2) is 36.5 Å². The molecule has 3 rings (SSSR count). The Labute approximate surface area is 160 Å². The quantitative estimate of drug-likeness (QED) is 0.774. The summed E-state index contributed by atoms with van der Waals surface area (Å²) < 4.78 is 6.87. The molecule has 26 heavy (non-hydrogen) atoms. The van der Waals surface area contributed by atoms with Gasteiger partial charge in [0.15, 0.2) is 0 Å². The number of rotatable bonds is 7. The predicted molar refractivity (Wildman–Crippen MR) is 104 cm³/mol. The molecule has 1 amide bonds. The third kappa shape index (κ3) is 5.75. The van der Waals surface area contributed by atoms with E-state index in [1.165, 1.54) is 12.0 Å². The van der Waals surface area contributed by atoms with E-state index in [0.29, 0.717) is 12.5 Å². The molecule has 2 N–H and O–H groups in total. The SMILES string of the molecule is COc1ccc(CCNC(=O)Cn2ccc(C3CCCNC3)n2)cc1.Cl. The van der Waals surface area contributed by atoms with Crippen molar-refractivity contribution in [2.45, 2.75) is 31.7 Å². The highest BCUT2D eigenvalue weighted by Crippen LogP contribution is 2.21. The first-order chi connectivity index (χ1) is 12.2. The first-order valence-electron chi connectivity index (χ1n) is 8.88. The minimum absolute atomic E-state index is 0. The number of halogens is 1. The van der Waals surface area contributed by atoms with Crippen molar-refractivity contribution < 1.29 is 9.53 Å². The molecule has 0 bridgehead atoms. The van der Waals surface area contributed by atoms with Crippen molar-refractivity contribution in [3.05, 3.63) is 47.8 Å². The first-order valence-corrected chi connectivity index (χ1v) is 8.88. The fourth-order valence-corrected chi connectivity index (χ4v) is 3.13. The summed E-state index contributed by atoms with van der Waals surface area (Å²) in [6.07, 6.45) is 5.04. The minimum atomic E-state index is -0.00932. The van der Waals surface area contributed by atoms with Gasteiger partial charge in [0.25, 0.3) is 0 Å². The molecule has 0 saturated carbocycles. The number of nitrogens with one attached hydrogen (secondary N) is 2. The van der Waals surface area contributed by atoms with Gasteiger partial charge in [-0.2, -0.15) is 5.10 Å². The highest BCUT2D eigenvalue weighted by molar-refractivity contribution is 5.85. The van der Waals surface area contributed by atoms with E-state index in [9.17, 15) is 4.79 Å². The normalized spacial score (nSPS) is 16.6. The van der Waals surface area contributed by atoms with E-state index in [4.69, 9.17) is 4.74 Å². The van der Waals surface area contributed by atoms with Crippen LogP contribution in [-0.4, -0.2) is 42.4 Å². The van der Waals surface area contributed by atoms with Crippen LogP contribution in [0.2, 0.25) is 0 Å². The lowest BCUT2D eigenvalue weighted by molar-refractivity contribution is -0.121. The fourth-order valence-electron chi connectivity index (χ4n) is 3.13. The number of aromatic nitrogens is 2. The number of piperidine rings is 1. The monoisotopic (exact) mass is 378 g/mol. The molecule has 2 aromatic rings. The van der Waals surface area contributed by atoms with Crippen molar-refractivity contribution in [3.63, 3.8) is 0 Å². The number of ether oxygens (including phenoxy) is 1. The predicted octanol–water partition coefficient (Wildman–Crippen LogP) is 2.14. The Balaban J connectivity index is 0.00000243. The topological polar surface area (TPSA) is 68.2 Å². The largest absolute Gasteiger partial charge is 0.497 e. The zero-order valence-electron chi connectivity index (χ0n) is 15.1. The van der Waals surface area contributed by atoms with Crippen LogP contribution in [-0.2, 0) is 17.8 Å². The van der Waals surface area contributed by atoms with Gasteiger partial charge in [0.2, 0.25) is 5.91 Å². The number of amides is 1. The van der Waals surface area contributed by atoms with E-state index < -0.39 is 0 Å². The lowest BCUT2D eigenvalue weighted by atomic mass is 9.97. The Kier molecular flexibility index (Phi) is 7.94. The van der Waals surface area contributed by atoms with Gasteiger partial charge in [0, 0.05) is 25.2 Å². The van der Waals surface area contributed by atoms with Crippen LogP contribution in [0.3, 0.4) is 0 Å². The van der Waals surface area contributed by atoms with Crippen LogP contribution in [0.5, 0.6) is 5.75 Å². The summed E-state index contributed by atoms with van der Waals surface area (Å²) in [5.41, 5.74) is 2.26. The van der Waals surface area contributed by atoms with E-state index in [0.717, 1.165) is 37.4 Å². The van der Waals surface area contributed by atoms with Crippen LogP contribution >= 0.6 is 12.4 Å². The highest BCUT2D eigenvalue weighted by atomic mass is 35.5. The molecule has 1 aromatic heterocycles. The second kappa shape index (κ2) is 10.2. The molecule has 1 aliphatic heterocycles. The number of nitrogens with zero attached hydrogens (tertiary/aromatic N) is 2. The van der Waals surface area contributed by atoms with Crippen LogP contribution in [0, 0.1) is 0 Å². The summed E-state index contributed by atoms with van der Waals surface area (Å²) in [5, 5.41) is 10.9. The summed E-state index contributed by atoms with van der Waals surface area (Å²) >= 11 is 0. The molecule has 6 nitrogen and oxygen atoms in total. The van der Waals surface area contributed by atoms with Gasteiger partial charge in [0.1, 0.15) is 12.3 Å². The molecule has 1 unspecified atom stereocenters. The van der Waals surface area contributed by atoms with Crippen LogP contribution < -0.4 is 15.4 Å². The number of methoxy groups -OCH3 is 1. The molecule has 1 aromatic carbocycles. The average Bonchev–Trinajstić information content (AvgIpc) is 3.11. The molecule has 142 valence electrons. The van der Waals surface area contributed by atoms with Gasteiger partial charge in [-0.1, -0.05) is 12.1 Å². The Morgan fingerprint density at radius 1 is 1.35 bits per heavy atom. The molecule has 7 heteroatoms. The Morgan fingerprint density at radius 2 is 2.15 bits per heavy atom. The first kappa shape index (κ1) is 20.3. The van der Waals surface area contributed by atoms with E-state index >= 15 is 0 Å². The lowest BCUT2D eigenvalue weighted by Gasteiger charge is -2.20. The maximum absolute atomic E-state index is 12.1. The van der Waals surface area contributed by atoms with Gasteiger partial charge in [-0.05, 0) is 49.6 Å². The third-order valence-electron chi connectivity index (χ3n) is 4.58. The van der Waals surface area contributed by atoms with Crippen molar-refractivity contribution in [1.82, 2.24) is 20.4 Å². The standard InChI is InChI=1S/C19H26N4O2.ClH/c1-25-17-6-4-15(5-7-17)8-11-21-19(24)14-23-12-9-18(22-23)16-3-2-10-20-13-16;/h4-7,9,12,16,20H,2-3,8,10-11,13-14H2,1H3,(H,21,24);1H. The zero-order chi connectivity index (χ0) is 17.5. The van der Waals surface area contributed by atoms with Crippen molar-refractivity contribution >= 4 is 18.3 Å². The molecule has 1 aliphatic rings. The average molecular weight is 379 g/mol. The van der Waals surface area contributed by atoms with Gasteiger partial charge in [-0.15, -0.1) is 12.4 Å². The zero-order valence-corrected chi connectivity index (χ0v) is 15.9. The fraction of sp³-hybridized carbons (Fsp3) is 0.474. The molecular weight excluding hydrogens is 352 g/mol. The number of hydrogen-bond donors (Lipinski definition) is 2. The van der Waals surface area contributed by atoms with Crippen molar-refractivity contribution in [2.75, 3.05) is 26.7 Å². The van der Waals surface area contributed by atoms with Gasteiger partial charge < -0.3 is 15.4 Å². The summed E-state index contributed by atoms with van der Waals surface area (Å²) in [7, 11) is 1.65. The lowest BCUT2D eigenvalue weighted by Crippen LogP contribution is -2.30. The van der Waals surface area contributed by atoms with E-state index in [1.807, 2.05) is 36.5 Å². The molecule has 1 atom stereocenters. The highest BCUT2D eigenvalue weighted by Gasteiger charge is 2.17. The Hall–Kier alpha value is -2.05. The summed E-state index contributed by atoms with van der Waals surface area (Å²) in [4.78, 5) is 12.1. The molecule has 1 saturated heterocycles. The van der Waals surface area contributed by atoms with Crippen molar-refractivity contribution in [3.8, 4) is 5.75 Å². The molecule has 0 aliphatic carbocycles. The number of hydrogen-bond acceptors (Lipinski definition) is 4. The molecule has 2 heterocycles. The summed E-state index contributed by atoms with van der Waals surface area (Å²) in [5.74, 6) is 1.30. The van der Waals surface area contributed by atoms with E-state index in [2.05, 4.69) is 15.7 Å². The van der Waals surface area contributed by atoms with Crippen molar-refractivity contribution in [2.24, 2.45) is 0 Å². The van der Waals surface area contributed by atoms with Gasteiger partial charge in [0.05, 0.1) is 12.8 Å². The van der Waals surface area contributed by atoms with Crippen LogP contribution in [0.4, 0.5) is 0 Å². The number of carbonyl (C=O) groups is 1. The second-order valence-electron chi connectivity index (χ2n) is 6.43.